The highest BCUT2D eigenvalue weighted by molar-refractivity contribution is 7.09. The smallest absolute Gasteiger partial charge is 0.0572 e. The van der Waals surface area contributed by atoms with Crippen LogP contribution in [0.1, 0.15) is 30.0 Å². The van der Waals surface area contributed by atoms with Crippen LogP contribution in [0.25, 0.3) is 0 Å². The van der Waals surface area contributed by atoms with E-state index in [1.807, 2.05) is 23.6 Å². The molecule has 0 amide bonds. The lowest BCUT2D eigenvalue weighted by Crippen LogP contribution is -2.20. The lowest BCUT2D eigenvalue weighted by molar-refractivity contribution is 0.675. The second-order valence-electron chi connectivity index (χ2n) is 4.71. The van der Waals surface area contributed by atoms with Crippen LogP contribution in [0.4, 0.5) is 5.69 Å². The summed E-state index contributed by atoms with van der Waals surface area (Å²) in [6, 6.07) is 8.46. The number of hydrogen-bond donors (Lipinski definition) is 1. The maximum atomic E-state index is 5.97. The summed E-state index contributed by atoms with van der Waals surface area (Å²) >= 11 is 1.81. The van der Waals surface area contributed by atoms with Crippen LogP contribution in [0.5, 0.6) is 0 Å². The molecular weight excluding hydrogens is 254 g/mol. The minimum atomic E-state index is 0.0467. The summed E-state index contributed by atoms with van der Waals surface area (Å²) in [4.78, 5) is 8.10. The molecule has 0 unspecified atom stereocenters. The van der Waals surface area contributed by atoms with E-state index in [4.69, 9.17) is 5.73 Å². The predicted octanol–water partition coefficient (Wildman–Crippen LogP) is 3.23. The Morgan fingerprint density at radius 1 is 1.37 bits per heavy atom. The number of hydrogen-bond acceptors (Lipinski definition) is 4. The molecule has 0 aromatic carbocycles. The largest absolute Gasteiger partial charge is 0.373 e. The fraction of sp³-hybridized carbons (Fsp3) is 0.400. The molecular formula is C15H21N3S. The molecule has 2 aromatic rings. The van der Waals surface area contributed by atoms with E-state index in [-0.39, 0.29) is 6.04 Å². The second-order valence-corrected chi connectivity index (χ2v) is 5.74. The number of aromatic nitrogens is 1. The molecule has 0 radical (unpaired) electrons. The zero-order chi connectivity index (χ0) is 13.7. The summed E-state index contributed by atoms with van der Waals surface area (Å²) in [6.07, 6.45) is 3.91. The molecule has 1 atom stereocenters. The Morgan fingerprint density at radius 2 is 2.21 bits per heavy atom. The first-order valence-electron chi connectivity index (χ1n) is 6.65. The van der Waals surface area contributed by atoms with Gasteiger partial charge in [0, 0.05) is 24.5 Å². The van der Waals surface area contributed by atoms with Gasteiger partial charge in [0.2, 0.25) is 0 Å². The van der Waals surface area contributed by atoms with Crippen molar-refractivity contribution in [3.63, 3.8) is 0 Å². The monoisotopic (exact) mass is 275 g/mol. The Bertz CT molecular complexity index is 479. The summed E-state index contributed by atoms with van der Waals surface area (Å²) < 4.78 is 0. The summed E-state index contributed by atoms with van der Waals surface area (Å²) in [5, 5.41) is 2.12. The molecule has 2 rings (SSSR count). The van der Waals surface area contributed by atoms with E-state index in [1.54, 1.807) is 0 Å². The number of pyridine rings is 1. The van der Waals surface area contributed by atoms with E-state index < -0.39 is 0 Å². The molecule has 4 heteroatoms. The summed E-state index contributed by atoms with van der Waals surface area (Å²) in [5.74, 6) is 0. The number of likely N-dealkylation sites (N-methyl/N-ethyl adjacent to an activating group) is 1. The topological polar surface area (TPSA) is 42.1 Å². The van der Waals surface area contributed by atoms with Gasteiger partial charge in [0.25, 0.3) is 0 Å². The van der Waals surface area contributed by atoms with Crippen LogP contribution in [0.2, 0.25) is 0 Å². The molecule has 2 aromatic heterocycles. The first-order valence-corrected chi connectivity index (χ1v) is 7.53. The standard InChI is InChI=1S/C15H21N3S/c1-3-14(16)15-7-6-12(11-17-15)18(2)9-8-13-5-4-10-19-13/h4-7,10-11,14H,3,8-9,16H2,1-2H3/t14-/m1/s1. The Morgan fingerprint density at radius 3 is 2.79 bits per heavy atom. The fourth-order valence-corrected chi connectivity index (χ4v) is 2.61. The normalized spacial score (nSPS) is 12.4. The maximum Gasteiger partial charge on any atom is 0.0572 e. The van der Waals surface area contributed by atoms with E-state index in [2.05, 4.69) is 47.4 Å². The van der Waals surface area contributed by atoms with Gasteiger partial charge < -0.3 is 10.6 Å². The van der Waals surface area contributed by atoms with Crippen LogP contribution in [0.3, 0.4) is 0 Å². The van der Waals surface area contributed by atoms with Crippen LogP contribution >= 0.6 is 11.3 Å². The highest BCUT2D eigenvalue weighted by atomic mass is 32.1. The molecule has 0 bridgehead atoms. The number of anilines is 1. The summed E-state index contributed by atoms with van der Waals surface area (Å²) in [6.45, 7) is 3.08. The van der Waals surface area contributed by atoms with Gasteiger partial charge in [0.15, 0.2) is 0 Å². The van der Waals surface area contributed by atoms with Crippen molar-refractivity contribution in [2.75, 3.05) is 18.5 Å². The van der Waals surface area contributed by atoms with Crippen LogP contribution in [-0.4, -0.2) is 18.6 Å². The third-order valence-electron chi connectivity index (χ3n) is 3.30. The summed E-state index contributed by atoms with van der Waals surface area (Å²) in [7, 11) is 2.10. The van der Waals surface area contributed by atoms with Crippen molar-refractivity contribution < 1.29 is 0 Å². The van der Waals surface area contributed by atoms with Crippen molar-refractivity contribution in [3.8, 4) is 0 Å². The zero-order valence-electron chi connectivity index (χ0n) is 11.5. The molecule has 19 heavy (non-hydrogen) atoms. The van der Waals surface area contributed by atoms with E-state index in [9.17, 15) is 0 Å². The van der Waals surface area contributed by atoms with Gasteiger partial charge >= 0.3 is 0 Å². The van der Waals surface area contributed by atoms with Crippen LogP contribution in [0, 0.1) is 0 Å². The lowest BCUT2D eigenvalue weighted by atomic mass is 10.1. The van der Waals surface area contributed by atoms with E-state index in [0.29, 0.717) is 0 Å². The fourth-order valence-electron chi connectivity index (χ4n) is 1.91. The van der Waals surface area contributed by atoms with Crippen molar-refractivity contribution in [3.05, 3.63) is 46.4 Å². The van der Waals surface area contributed by atoms with Crippen LogP contribution in [0.15, 0.2) is 35.8 Å². The van der Waals surface area contributed by atoms with Crippen molar-refractivity contribution >= 4 is 17.0 Å². The quantitative estimate of drug-likeness (QED) is 0.880. The minimum Gasteiger partial charge on any atom is -0.373 e. The molecule has 0 aliphatic carbocycles. The number of nitrogens with two attached hydrogens (primary N) is 1. The van der Waals surface area contributed by atoms with Gasteiger partial charge in [0.1, 0.15) is 0 Å². The summed E-state index contributed by atoms with van der Waals surface area (Å²) in [5.41, 5.74) is 8.08. The second kappa shape index (κ2) is 6.68. The van der Waals surface area contributed by atoms with Gasteiger partial charge in [-0.1, -0.05) is 13.0 Å². The third-order valence-corrected chi connectivity index (χ3v) is 4.24. The van der Waals surface area contributed by atoms with Gasteiger partial charge in [0.05, 0.1) is 17.6 Å². The molecule has 0 spiro atoms. The number of rotatable bonds is 6. The van der Waals surface area contributed by atoms with Crippen LogP contribution in [-0.2, 0) is 6.42 Å². The van der Waals surface area contributed by atoms with Gasteiger partial charge in [-0.15, -0.1) is 11.3 Å². The average Bonchev–Trinajstić information content (AvgIpc) is 2.97. The molecule has 0 saturated heterocycles. The average molecular weight is 275 g/mol. The zero-order valence-corrected chi connectivity index (χ0v) is 12.4. The van der Waals surface area contributed by atoms with Gasteiger partial charge in [-0.3, -0.25) is 4.98 Å². The highest BCUT2D eigenvalue weighted by Crippen LogP contribution is 2.17. The SMILES string of the molecule is CC[C@@H](N)c1ccc(N(C)CCc2cccs2)cn1. The lowest BCUT2D eigenvalue weighted by Gasteiger charge is -2.19. The predicted molar refractivity (Wildman–Crippen MR) is 82.7 cm³/mol. The molecule has 0 saturated carbocycles. The van der Waals surface area contributed by atoms with Gasteiger partial charge in [-0.2, -0.15) is 0 Å². The first kappa shape index (κ1) is 14.0. The van der Waals surface area contributed by atoms with Crippen molar-refractivity contribution in [2.45, 2.75) is 25.8 Å². The Labute approximate surface area is 119 Å². The van der Waals surface area contributed by atoms with E-state index in [1.165, 1.54) is 4.88 Å². The molecule has 0 aliphatic heterocycles. The van der Waals surface area contributed by atoms with Gasteiger partial charge in [-0.05, 0) is 36.4 Å². The molecule has 2 heterocycles. The first-order chi connectivity index (χ1) is 9.20. The van der Waals surface area contributed by atoms with Crippen molar-refractivity contribution in [1.29, 1.82) is 0 Å². The Kier molecular flexibility index (Phi) is 4.93. The number of thiophene rings is 1. The van der Waals surface area contributed by atoms with E-state index in [0.717, 1.165) is 30.8 Å². The van der Waals surface area contributed by atoms with Crippen molar-refractivity contribution in [2.24, 2.45) is 5.73 Å². The Hall–Kier alpha value is -1.39. The van der Waals surface area contributed by atoms with E-state index >= 15 is 0 Å². The van der Waals surface area contributed by atoms with Crippen LogP contribution < -0.4 is 10.6 Å². The molecule has 3 nitrogen and oxygen atoms in total. The third kappa shape index (κ3) is 3.78. The Balaban J connectivity index is 1.93. The molecule has 0 aliphatic rings. The molecule has 102 valence electrons. The van der Waals surface area contributed by atoms with Gasteiger partial charge in [-0.25, -0.2) is 0 Å². The molecule has 2 N–H and O–H groups in total. The number of nitrogens with zero attached hydrogens (tertiary/aromatic N) is 2. The minimum absolute atomic E-state index is 0.0467. The highest BCUT2D eigenvalue weighted by Gasteiger charge is 2.06. The molecule has 0 fully saturated rings. The maximum absolute atomic E-state index is 5.97. The van der Waals surface area contributed by atoms with Crippen molar-refractivity contribution in [1.82, 2.24) is 4.98 Å².